The third-order valence-electron chi connectivity index (χ3n) is 3.21. The maximum Gasteiger partial charge on any atom is 0.262 e. The summed E-state index contributed by atoms with van der Waals surface area (Å²) in [4.78, 5) is 0.236. The number of hydrogen-bond donors (Lipinski definition) is 2. The minimum Gasteiger partial charge on any atom is -0.398 e. The molecule has 6 heteroatoms. The van der Waals surface area contributed by atoms with E-state index in [0.29, 0.717) is 22.5 Å². The molecule has 0 aliphatic carbocycles. The van der Waals surface area contributed by atoms with Gasteiger partial charge in [-0.2, -0.15) is 0 Å². The molecule has 4 nitrogen and oxygen atoms in total. The van der Waals surface area contributed by atoms with Gasteiger partial charge in [0.15, 0.2) is 0 Å². The van der Waals surface area contributed by atoms with Gasteiger partial charge in [0.2, 0.25) is 0 Å². The number of benzene rings is 2. The maximum absolute atomic E-state index is 12.6. The van der Waals surface area contributed by atoms with Gasteiger partial charge in [-0.25, -0.2) is 8.42 Å². The molecule has 0 unspecified atom stereocenters. The average Bonchev–Trinajstić information content (AvgIpc) is 2.32. The highest BCUT2D eigenvalue weighted by Crippen LogP contribution is 2.28. The molecule has 0 spiro atoms. The zero-order valence-electron chi connectivity index (χ0n) is 12.1. The fraction of sp³-hybridized carbons (Fsp3) is 0.200. The monoisotopic (exact) mass is 368 g/mol. The van der Waals surface area contributed by atoms with E-state index < -0.39 is 10.0 Å². The standard InChI is InChI=1S/C15H17BrN2O2S/c1-9-6-12(16)8-13(7-9)18-21(19,20)15-10(2)4-5-14(17)11(15)3/h4-8,18H,17H2,1-3H3. The van der Waals surface area contributed by atoms with E-state index in [1.54, 1.807) is 38.1 Å². The van der Waals surface area contributed by atoms with Crippen LogP contribution in [0.1, 0.15) is 16.7 Å². The van der Waals surface area contributed by atoms with Crippen LogP contribution in [0, 0.1) is 20.8 Å². The van der Waals surface area contributed by atoms with E-state index in [1.807, 2.05) is 13.0 Å². The number of anilines is 2. The molecule has 112 valence electrons. The van der Waals surface area contributed by atoms with Crippen LogP contribution in [0.2, 0.25) is 0 Å². The summed E-state index contributed by atoms with van der Waals surface area (Å²) in [5.74, 6) is 0. The van der Waals surface area contributed by atoms with Crippen LogP contribution in [0.15, 0.2) is 39.7 Å². The van der Waals surface area contributed by atoms with Gasteiger partial charge in [-0.05, 0) is 61.7 Å². The molecule has 21 heavy (non-hydrogen) atoms. The topological polar surface area (TPSA) is 72.2 Å². The molecule has 2 aromatic rings. The van der Waals surface area contributed by atoms with E-state index in [2.05, 4.69) is 20.7 Å². The van der Waals surface area contributed by atoms with Gasteiger partial charge in [-0.1, -0.05) is 22.0 Å². The largest absolute Gasteiger partial charge is 0.398 e. The number of nitrogens with two attached hydrogens (primary N) is 1. The predicted molar refractivity (Wildman–Crippen MR) is 90.0 cm³/mol. The second-order valence-electron chi connectivity index (χ2n) is 5.05. The van der Waals surface area contributed by atoms with Crippen molar-refractivity contribution in [2.45, 2.75) is 25.7 Å². The Labute approximate surface area is 133 Å². The molecule has 0 amide bonds. The third-order valence-corrected chi connectivity index (χ3v) is 5.34. The first-order valence-electron chi connectivity index (χ1n) is 6.36. The minimum atomic E-state index is -3.68. The quantitative estimate of drug-likeness (QED) is 0.810. The highest BCUT2D eigenvalue weighted by molar-refractivity contribution is 9.10. The zero-order valence-corrected chi connectivity index (χ0v) is 14.5. The summed E-state index contributed by atoms with van der Waals surface area (Å²) in [7, 11) is -3.68. The minimum absolute atomic E-state index is 0.236. The van der Waals surface area contributed by atoms with Crippen molar-refractivity contribution in [1.82, 2.24) is 0 Å². The summed E-state index contributed by atoms with van der Waals surface area (Å²) in [6.45, 7) is 5.37. The van der Waals surface area contributed by atoms with Gasteiger partial charge in [0, 0.05) is 10.2 Å². The Hall–Kier alpha value is -1.53. The fourth-order valence-corrected chi connectivity index (χ4v) is 4.41. The normalized spacial score (nSPS) is 11.4. The van der Waals surface area contributed by atoms with Crippen LogP contribution in [0.4, 0.5) is 11.4 Å². The number of halogens is 1. The summed E-state index contributed by atoms with van der Waals surface area (Å²) in [6.07, 6.45) is 0. The molecule has 3 N–H and O–H groups in total. The Morgan fingerprint density at radius 1 is 1.10 bits per heavy atom. The lowest BCUT2D eigenvalue weighted by Gasteiger charge is -2.15. The number of nitrogen functional groups attached to an aromatic ring is 1. The summed E-state index contributed by atoms with van der Waals surface area (Å²) >= 11 is 3.36. The van der Waals surface area contributed by atoms with Crippen molar-refractivity contribution in [3.05, 3.63) is 51.5 Å². The molecule has 2 aromatic carbocycles. The molecule has 0 saturated heterocycles. The first-order chi connectivity index (χ1) is 9.70. The maximum atomic E-state index is 12.6. The third kappa shape index (κ3) is 3.39. The number of sulfonamides is 1. The number of rotatable bonds is 3. The molecule has 0 aliphatic heterocycles. The van der Waals surface area contributed by atoms with Crippen LogP contribution in [0.5, 0.6) is 0 Å². The van der Waals surface area contributed by atoms with Gasteiger partial charge in [-0.15, -0.1) is 0 Å². The predicted octanol–water partition coefficient (Wildman–Crippen LogP) is 3.76. The lowest BCUT2D eigenvalue weighted by molar-refractivity contribution is 0.600. The fourth-order valence-electron chi connectivity index (χ4n) is 2.26. The Morgan fingerprint density at radius 2 is 1.76 bits per heavy atom. The summed E-state index contributed by atoms with van der Waals surface area (Å²) < 4.78 is 28.7. The molecule has 0 radical (unpaired) electrons. The highest BCUT2D eigenvalue weighted by Gasteiger charge is 2.21. The number of hydrogen-bond acceptors (Lipinski definition) is 3. The summed E-state index contributed by atoms with van der Waals surface area (Å²) in [5, 5.41) is 0. The smallest absolute Gasteiger partial charge is 0.262 e. The van der Waals surface area contributed by atoms with Crippen LogP contribution in [0.25, 0.3) is 0 Å². The lowest BCUT2D eigenvalue weighted by Crippen LogP contribution is -2.16. The van der Waals surface area contributed by atoms with E-state index in [9.17, 15) is 8.42 Å². The van der Waals surface area contributed by atoms with Gasteiger partial charge in [-0.3, -0.25) is 4.72 Å². The molecule has 0 aliphatic rings. The second-order valence-corrected chi connectivity index (χ2v) is 7.58. The van der Waals surface area contributed by atoms with E-state index in [-0.39, 0.29) is 4.90 Å². The van der Waals surface area contributed by atoms with E-state index in [1.165, 1.54) is 0 Å². The van der Waals surface area contributed by atoms with Gasteiger partial charge < -0.3 is 5.73 Å². The molecule has 0 atom stereocenters. The van der Waals surface area contributed by atoms with Crippen LogP contribution >= 0.6 is 15.9 Å². The Morgan fingerprint density at radius 3 is 2.38 bits per heavy atom. The molecular formula is C15H17BrN2O2S. The number of nitrogens with one attached hydrogen (secondary N) is 1. The van der Waals surface area contributed by atoms with Crippen LogP contribution in [-0.2, 0) is 10.0 Å². The van der Waals surface area contributed by atoms with Gasteiger partial charge in [0.25, 0.3) is 10.0 Å². The van der Waals surface area contributed by atoms with Crippen molar-refractivity contribution in [2.24, 2.45) is 0 Å². The Balaban J connectivity index is 2.51. The van der Waals surface area contributed by atoms with E-state index >= 15 is 0 Å². The lowest BCUT2D eigenvalue weighted by atomic mass is 10.1. The van der Waals surface area contributed by atoms with Crippen LogP contribution in [-0.4, -0.2) is 8.42 Å². The van der Waals surface area contributed by atoms with Crippen molar-refractivity contribution in [3.63, 3.8) is 0 Å². The van der Waals surface area contributed by atoms with Crippen molar-refractivity contribution >= 4 is 37.3 Å². The molecule has 2 rings (SSSR count). The Bertz CT molecular complexity index is 781. The van der Waals surface area contributed by atoms with E-state index in [4.69, 9.17) is 5.73 Å². The first kappa shape index (κ1) is 15.9. The van der Waals surface area contributed by atoms with Gasteiger partial charge in [0.1, 0.15) is 0 Å². The molecule has 0 saturated carbocycles. The van der Waals surface area contributed by atoms with Crippen molar-refractivity contribution in [3.8, 4) is 0 Å². The molecule has 0 fully saturated rings. The van der Waals surface area contributed by atoms with Gasteiger partial charge in [0.05, 0.1) is 10.6 Å². The summed E-state index contributed by atoms with van der Waals surface area (Å²) in [5.41, 5.74) is 9.00. The Kier molecular flexibility index (Phi) is 4.30. The molecule has 0 bridgehead atoms. The second kappa shape index (κ2) is 5.69. The SMILES string of the molecule is Cc1cc(Br)cc(NS(=O)(=O)c2c(C)ccc(N)c2C)c1. The molecule has 0 heterocycles. The molecule has 0 aromatic heterocycles. The van der Waals surface area contributed by atoms with Crippen molar-refractivity contribution < 1.29 is 8.42 Å². The van der Waals surface area contributed by atoms with Crippen LogP contribution in [0.3, 0.4) is 0 Å². The zero-order chi connectivity index (χ0) is 15.8. The average molecular weight is 369 g/mol. The van der Waals surface area contributed by atoms with E-state index in [0.717, 1.165) is 10.0 Å². The highest BCUT2D eigenvalue weighted by atomic mass is 79.9. The first-order valence-corrected chi connectivity index (χ1v) is 8.64. The molecular weight excluding hydrogens is 352 g/mol. The number of aryl methyl sites for hydroxylation is 2. The summed E-state index contributed by atoms with van der Waals surface area (Å²) in [6, 6.07) is 8.84. The van der Waals surface area contributed by atoms with Crippen molar-refractivity contribution in [1.29, 1.82) is 0 Å². The van der Waals surface area contributed by atoms with Crippen LogP contribution < -0.4 is 10.5 Å². The van der Waals surface area contributed by atoms with Gasteiger partial charge >= 0.3 is 0 Å². The van der Waals surface area contributed by atoms with Crippen molar-refractivity contribution in [2.75, 3.05) is 10.5 Å².